The number of nitrogens with zero attached hydrogens (tertiary/aromatic N) is 4. The van der Waals surface area contributed by atoms with Crippen LogP contribution in [-0.2, 0) is 7.05 Å². The maximum Gasteiger partial charge on any atom is 0.415 e. The number of hydrogen-bond acceptors (Lipinski definition) is 4. The number of carbonyl (C=O) groups is 1. The molecule has 0 fully saturated rings. The van der Waals surface area contributed by atoms with Gasteiger partial charge in [-0.05, 0) is 25.1 Å². The highest BCUT2D eigenvalue weighted by Crippen LogP contribution is 2.27. The van der Waals surface area contributed by atoms with Crippen molar-refractivity contribution < 1.29 is 18.0 Å². The average Bonchev–Trinajstić information content (AvgIpc) is 3.09. The van der Waals surface area contributed by atoms with Crippen molar-refractivity contribution in [1.29, 1.82) is 0 Å². The van der Waals surface area contributed by atoms with E-state index in [0.29, 0.717) is 11.5 Å². The van der Waals surface area contributed by atoms with Crippen LogP contribution < -0.4 is 10.6 Å². The first kappa shape index (κ1) is 21.8. The zero-order valence-corrected chi connectivity index (χ0v) is 16.7. The fourth-order valence-electron chi connectivity index (χ4n) is 2.69. The first-order valence-corrected chi connectivity index (χ1v) is 9.06. The minimum absolute atomic E-state index is 0.307. The zero-order valence-electron chi connectivity index (χ0n) is 16.7. The summed E-state index contributed by atoms with van der Waals surface area (Å²) in [6, 6.07) is 2.85. The second-order valence-electron chi connectivity index (χ2n) is 6.63. The number of fused-ring (bicyclic) bond motifs is 1. The van der Waals surface area contributed by atoms with E-state index < -0.39 is 17.8 Å². The second-order valence-corrected chi connectivity index (χ2v) is 6.63. The van der Waals surface area contributed by atoms with Crippen LogP contribution in [0.3, 0.4) is 0 Å². The molecular formula is C21H19F3N6O. The molecule has 0 saturated heterocycles. The molecule has 0 aliphatic carbocycles. The number of urea groups is 1. The summed E-state index contributed by atoms with van der Waals surface area (Å²) in [5.74, 6) is 0.307. The molecule has 3 aromatic rings. The van der Waals surface area contributed by atoms with Crippen molar-refractivity contribution in [1.82, 2.24) is 25.1 Å². The second kappa shape index (κ2) is 8.82. The van der Waals surface area contributed by atoms with Crippen molar-refractivity contribution in [2.75, 3.05) is 5.32 Å². The molecule has 7 nitrogen and oxygen atoms in total. The van der Waals surface area contributed by atoms with Gasteiger partial charge in [0.15, 0.2) is 0 Å². The number of aromatic nitrogens is 4. The summed E-state index contributed by atoms with van der Waals surface area (Å²) in [4.78, 5) is 20.5. The maximum atomic E-state index is 12.4. The minimum atomic E-state index is -4.49. The SMILES string of the molecule is C=C(/C=C\C=C(/C)NC(=O)Nc1ccc(-c2cncc3c2cnn3C)cn1)C(F)(F)F. The molecule has 2 N–H and O–H groups in total. The highest BCUT2D eigenvalue weighted by atomic mass is 19.4. The van der Waals surface area contributed by atoms with E-state index in [4.69, 9.17) is 0 Å². The molecular weight excluding hydrogens is 409 g/mol. The molecule has 0 aliphatic rings. The smallest absolute Gasteiger partial charge is 0.312 e. The van der Waals surface area contributed by atoms with Crippen molar-refractivity contribution in [3.63, 3.8) is 0 Å². The number of allylic oxidation sites excluding steroid dienone is 5. The fraction of sp³-hybridized carbons (Fsp3) is 0.143. The number of carbonyl (C=O) groups excluding carboxylic acids is 1. The lowest BCUT2D eigenvalue weighted by molar-refractivity contribution is -0.0878. The van der Waals surface area contributed by atoms with Crippen LogP contribution in [0.2, 0.25) is 0 Å². The third-order valence-corrected chi connectivity index (χ3v) is 4.31. The van der Waals surface area contributed by atoms with E-state index in [1.165, 1.54) is 6.08 Å². The highest BCUT2D eigenvalue weighted by Gasteiger charge is 2.29. The lowest BCUT2D eigenvalue weighted by Gasteiger charge is -2.08. The van der Waals surface area contributed by atoms with Gasteiger partial charge in [-0.2, -0.15) is 18.3 Å². The largest absolute Gasteiger partial charge is 0.415 e. The van der Waals surface area contributed by atoms with Crippen molar-refractivity contribution >= 4 is 22.8 Å². The van der Waals surface area contributed by atoms with Gasteiger partial charge < -0.3 is 5.32 Å². The van der Waals surface area contributed by atoms with Gasteiger partial charge in [-0.25, -0.2) is 9.78 Å². The molecule has 0 spiro atoms. The van der Waals surface area contributed by atoms with E-state index >= 15 is 0 Å². The lowest BCUT2D eigenvalue weighted by Crippen LogP contribution is -2.27. The molecule has 0 saturated carbocycles. The number of aryl methyl sites for hydroxylation is 1. The van der Waals surface area contributed by atoms with Crippen LogP contribution in [0.4, 0.5) is 23.8 Å². The van der Waals surface area contributed by atoms with Gasteiger partial charge in [0.05, 0.1) is 17.9 Å². The molecule has 3 heterocycles. The number of anilines is 1. The standard InChI is InChI=1S/C21H19F3N6O/c1-13(21(22,23)24)5-4-6-14(2)28-20(31)29-19-8-7-15(9-26-19)16-10-25-12-18-17(16)11-27-30(18)3/h4-12H,1H2,2-3H3,(H2,26,28,29,31)/b5-4-,14-6+. The Balaban J connectivity index is 1.63. The normalized spacial score (nSPS) is 12.4. The van der Waals surface area contributed by atoms with Gasteiger partial charge in [-0.3, -0.25) is 15.0 Å². The van der Waals surface area contributed by atoms with Crippen LogP contribution in [0.25, 0.3) is 22.0 Å². The Morgan fingerprint density at radius 2 is 1.97 bits per heavy atom. The van der Waals surface area contributed by atoms with Gasteiger partial charge in [-0.15, -0.1) is 0 Å². The van der Waals surface area contributed by atoms with Gasteiger partial charge in [0.1, 0.15) is 5.82 Å². The molecule has 0 bridgehead atoms. The Hall–Kier alpha value is -3.95. The maximum absolute atomic E-state index is 12.4. The average molecular weight is 428 g/mol. The van der Waals surface area contributed by atoms with Crippen LogP contribution >= 0.6 is 0 Å². The van der Waals surface area contributed by atoms with Gasteiger partial charge in [0.25, 0.3) is 0 Å². The number of halogens is 3. The first-order chi connectivity index (χ1) is 14.6. The van der Waals surface area contributed by atoms with E-state index in [1.807, 2.05) is 7.05 Å². The molecule has 0 radical (unpaired) electrons. The molecule has 31 heavy (non-hydrogen) atoms. The van der Waals surface area contributed by atoms with Crippen LogP contribution in [0.15, 0.2) is 73.0 Å². The third kappa shape index (κ3) is 5.35. The number of nitrogens with one attached hydrogen (secondary N) is 2. The van der Waals surface area contributed by atoms with Crippen molar-refractivity contribution in [2.24, 2.45) is 7.05 Å². The molecule has 0 aliphatic heterocycles. The third-order valence-electron chi connectivity index (χ3n) is 4.31. The van der Waals surface area contributed by atoms with E-state index in [1.54, 1.807) is 48.5 Å². The Bertz CT molecular complexity index is 1180. The van der Waals surface area contributed by atoms with Gasteiger partial charge in [-0.1, -0.05) is 18.7 Å². The Kier molecular flexibility index (Phi) is 6.19. The van der Waals surface area contributed by atoms with Crippen molar-refractivity contribution in [3.8, 4) is 11.1 Å². The minimum Gasteiger partial charge on any atom is -0.312 e. The zero-order chi connectivity index (χ0) is 22.6. The van der Waals surface area contributed by atoms with Crippen molar-refractivity contribution in [3.05, 3.63) is 73.0 Å². The Morgan fingerprint density at radius 1 is 1.19 bits per heavy atom. The number of amides is 2. The van der Waals surface area contributed by atoms with E-state index in [-0.39, 0.29) is 0 Å². The van der Waals surface area contributed by atoms with Gasteiger partial charge >= 0.3 is 12.2 Å². The fourth-order valence-corrected chi connectivity index (χ4v) is 2.69. The first-order valence-electron chi connectivity index (χ1n) is 9.06. The van der Waals surface area contributed by atoms with E-state index in [0.717, 1.165) is 34.2 Å². The summed E-state index contributed by atoms with van der Waals surface area (Å²) < 4.78 is 38.9. The molecule has 2 amide bonds. The van der Waals surface area contributed by atoms with Gasteiger partial charge in [0.2, 0.25) is 0 Å². The summed E-state index contributed by atoms with van der Waals surface area (Å²) >= 11 is 0. The monoisotopic (exact) mass is 428 g/mol. The number of hydrogen-bond donors (Lipinski definition) is 2. The number of pyridine rings is 2. The summed E-state index contributed by atoms with van der Waals surface area (Å²) in [5, 5.41) is 10.2. The lowest BCUT2D eigenvalue weighted by atomic mass is 10.1. The van der Waals surface area contributed by atoms with E-state index in [2.05, 4.69) is 32.3 Å². The summed E-state index contributed by atoms with van der Waals surface area (Å²) in [7, 11) is 1.83. The molecule has 0 atom stereocenters. The summed E-state index contributed by atoms with van der Waals surface area (Å²) in [6.45, 7) is 4.47. The van der Waals surface area contributed by atoms with Crippen LogP contribution in [0, 0.1) is 0 Å². The predicted octanol–water partition coefficient (Wildman–Crippen LogP) is 4.73. The van der Waals surface area contributed by atoms with Crippen LogP contribution in [0.1, 0.15) is 6.92 Å². The van der Waals surface area contributed by atoms with Crippen LogP contribution in [-0.4, -0.2) is 32.0 Å². The Labute approximate surface area is 176 Å². The molecule has 3 rings (SSSR count). The summed E-state index contributed by atoms with van der Waals surface area (Å²) in [5.41, 5.74) is 1.91. The number of rotatable bonds is 5. The summed E-state index contributed by atoms with van der Waals surface area (Å²) in [6.07, 6.45) is 5.62. The molecule has 160 valence electrons. The predicted molar refractivity (Wildman–Crippen MR) is 112 cm³/mol. The Morgan fingerprint density at radius 3 is 2.65 bits per heavy atom. The van der Waals surface area contributed by atoms with Gasteiger partial charge in [0, 0.05) is 47.2 Å². The van der Waals surface area contributed by atoms with Crippen molar-refractivity contribution in [2.45, 2.75) is 13.1 Å². The molecule has 0 aromatic carbocycles. The van der Waals surface area contributed by atoms with E-state index in [9.17, 15) is 18.0 Å². The molecule has 10 heteroatoms. The molecule has 3 aromatic heterocycles. The highest BCUT2D eigenvalue weighted by molar-refractivity contribution is 5.94. The number of alkyl halides is 3. The topological polar surface area (TPSA) is 84.7 Å². The quantitative estimate of drug-likeness (QED) is 0.576. The van der Waals surface area contributed by atoms with Crippen LogP contribution in [0.5, 0.6) is 0 Å². The molecule has 0 unspecified atom stereocenters.